The van der Waals surface area contributed by atoms with Crippen molar-refractivity contribution in [3.8, 4) is 5.19 Å². The molecule has 0 aliphatic rings. The minimum Gasteiger partial charge on any atom is -0.462 e. The zero-order valence-corrected chi connectivity index (χ0v) is 16.0. The van der Waals surface area contributed by atoms with E-state index in [2.05, 4.69) is 20.5 Å². The lowest BCUT2D eigenvalue weighted by atomic mass is 10.3. The molecule has 2 aromatic heterocycles. The standard InChI is InChI=1S/C17H16ClN7O2S/c18-11-6-7-12(21-9-11)10-27-17-24-23-16(28-17)22-15(26)14(8-19)25(20)13-4-2-1-3-5-13/h1-9H,10,19-20H2,(H,22,23,26)/b14-8-. The molecule has 1 aromatic carbocycles. The van der Waals surface area contributed by atoms with Crippen LogP contribution in [-0.4, -0.2) is 21.1 Å². The Kier molecular flexibility index (Phi) is 6.37. The quantitative estimate of drug-likeness (QED) is 0.303. The molecule has 144 valence electrons. The fourth-order valence-corrected chi connectivity index (χ4v) is 2.80. The molecule has 0 fully saturated rings. The number of rotatable bonds is 7. The third-order valence-electron chi connectivity index (χ3n) is 3.44. The molecule has 0 aliphatic carbocycles. The van der Waals surface area contributed by atoms with Crippen molar-refractivity contribution in [2.24, 2.45) is 11.6 Å². The molecule has 1 amide bonds. The van der Waals surface area contributed by atoms with Crippen molar-refractivity contribution in [2.75, 3.05) is 10.3 Å². The fourth-order valence-electron chi connectivity index (χ4n) is 2.10. The average molecular weight is 418 g/mol. The highest BCUT2D eigenvalue weighted by Gasteiger charge is 2.18. The van der Waals surface area contributed by atoms with E-state index in [4.69, 9.17) is 27.9 Å². The van der Waals surface area contributed by atoms with E-state index in [-0.39, 0.29) is 22.6 Å². The molecule has 0 saturated heterocycles. The molecule has 9 nitrogen and oxygen atoms in total. The summed E-state index contributed by atoms with van der Waals surface area (Å²) in [6.07, 6.45) is 2.64. The summed E-state index contributed by atoms with van der Waals surface area (Å²) < 4.78 is 5.51. The Morgan fingerprint density at radius 2 is 2.04 bits per heavy atom. The van der Waals surface area contributed by atoms with Crippen molar-refractivity contribution in [3.63, 3.8) is 0 Å². The molecule has 0 aliphatic heterocycles. The van der Waals surface area contributed by atoms with Gasteiger partial charge in [0.2, 0.25) is 5.13 Å². The van der Waals surface area contributed by atoms with Crippen molar-refractivity contribution in [1.82, 2.24) is 15.2 Å². The van der Waals surface area contributed by atoms with Gasteiger partial charge in [-0.05, 0) is 35.6 Å². The van der Waals surface area contributed by atoms with Crippen LogP contribution in [-0.2, 0) is 11.4 Å². The van der Waals surface area contributed by atoms with E-state index in [1.807, 2.05) is 6.07 Å². The van der Waals surface area contributed by atoms with Crippen LogP contribution in [0.3, 0.4) is 0 Å². The molecule has 11 heteroatoms. The normalized spacial score (nSPS) is 11.1. The first-order chi connectivity index (χ1) is 13.6. The molecule has 3 aromatic rings. The van der Waals surface area contributed by atoms with Crippen LogP contribution in [0.15, 0.2) is 60.6 Å². The van der Waals surface area contributed by atoms with Crippen molar-refractivity contribution in [1.29, 1.82) is 0 Å². The third kappa shape index (κ3) is 4.94. The van der Waals surface area contributed by atoms with Gasteiger partial charge in [0.25, 0.3) is 11.1 Å². The van der Waals surface area contributed by atoms with Gasteiger partial charge in [-0.3, -0.25) is 20.1 Å². The van der Waals surface area contributed by atoms with Crippen LogP contribution in [0.5, 0.6) is 5.19 Å². The van der Waals surface area contributed by atoms with Crippen LogP contribution >= 0.6 is 22.9 Å². The van der Waals surface area contributed by atoms with Gasteiger partial charge in [0.15, 0.2) is 0 Å². The van der Waals surface area contributed by atoms with E-state index in [9.17, 15) is 4.79 Å². The smallest absolute Gasteiger partial charge is 0.296 e. The van der Waals surface area contributed by atoms with Crippen molar-refractivity contribution >= 4 is 39.7 Å². The van der Waals surface area contributed by atoms with E-state index >= 15 is 0 Å². The Morgan fingerprint density at radius 3 is 2.71 bits per heavy atom. The van der Waals surface area contributed by atoms with Gasteiger partial charge in [0, 0.05) is 12.4 Å². The monoisotopic (exact) mass is 417 g/mol. The summed E-state index contributed by atoms with van der Waals surface area (Å²) in [5.74, 6) is 5.45. The van der Waals surface area contributed by atoms with Crippen molar-refractivity contribution in [3.05, 3.63) is 71.3 Å². The van der Waals surface area contributed by atoms with E-state index in [0.717, 1.165) is 17.5 Å². The Bertz CT molecular complexity index is 963. The first kappa shape index (κ1) is 19.5. The second-order valence-electron chi connectivity index (χ2n) is 5.34. The Morgan fingerprint density at radius 1 is 1.25 bits per heavy atom. The number of nitrogens with zero attached hydrogens (tertiary/aromatic N) is 4. The molecule has 0 atom stereocenters. The molecular weight excluding hydrogens is 402 g/mol. The van der Waals surface area contributed by atoms with Gasteiger partial charge in [-0.1, -0.05) is 34.9 Å². The maximum atomic E-state index is 12.5. The SMILES string of the molecule is N/C=C(/C(=O)Nc1nnc(OCc2ccc(Cl)cn2)s1)N(N)c1ccccc1. The summed E-state index contributed by atoms with van der Waals surface area (Å²) in [5, 5.41) is 12.6. The van der Waals surface area contributed by atoms with Gasteiger partial charge < -0.3 is 10.5 Å². The molecule has 0 radical (unpaired) electrons. The van der Waals surface area contributed by atoms with E-state index in [1.54, 1.807) is 36.4 Å². The summed E-state index contributed by atoms with van der Waals surface area (Å²) in [6, 6.07) is 12.4. The Hall–Kier alpha value is -3.21. The zero-order valence-electron chi connectivity index (χ0n) is 14.4. The number of hydrogen-bond donors (Lipinski definition) is 3. The topological polar surface area (TPSA) is 132 Å². The van der Waals surface area contributed by atoms with E-state index in [1.165, 1.54) is 11.2 Å². The highest BCUT2D eigenvalue weighted by atomic mass is 35.5. The summed E-state index contributed by atoms with van der Waals surface area (Å²) in [5.41, 5.74) is 6.91. The maximum absolute atomic E-state index is 12.5. The van der Waals surface area contributed by atoms with Crippen LogP contribution in [0.2, 0.25) is 5.02 Å². The van der Waals surface area contributed by atoms with Gasteiger partial charge >= 0.3 is 0 Å². The minimum absolute atomic E-state index is 0.0502. The number of halogens is 1. The van der Waals surface area contributed by atoms with Crippen LogP contribution in [0.1, 0.15) is 5.69 Å². The lowest BCUT2D eigenvalue weighted by Gasteiger charge is -2.20. The summed E-state index contributed by atoms with van der Waals surface area (Å²) in [7, 11) is 0. The fraction of sp³-hybridized carbons (Fsp3) is 0.0588. The first-order valence-electron chi connectivity index (χ1n) is 7.96. The number of pyridine rings is 1. The summed E-state index contributed by atoms with van der Waals surface area (Å²) >= 11 is 6.85. The molecular formula is C17H16ClN7O2S. The zero-order chi connectivity index (χ0) is 19.9. The molecule has 3 rings (SSSR count). The molecule has 0 unspecified atom stereocenters. The van der Waals surface area contributed by atoms with Crippen LogP contribution in [0.4, 0.5) is 10.8 Å². The number of aromatic nitrogens is 3. The largest absolute Gasteiger partial charge is 0.462 e. The van der Waals surface area contributed by atoms with Gasteiger partial charge in [-0.25, -0.2) is 5.84 Å². The second-order valence-corrected chi connectivity index (χ2v) is 6.72. The predicted molar refractivity (Wildman–Crippen MR) is 107 cm³/mol. The van der Waals surface area contributed by atoms with Crippen LogP contribution in [0, 0.1) is 0 Å². The van der Waals surface area contributed by atoms with Gasteiger partial charge in [0.1, 0.15) is 12.3 Å². The maximum Gasteiger partial charge on any atom is 0.296 e. The highest BCUT2D eigenvalue weighted by Crippen LogP contribution is 2.24. The van der Waals surface area contributed by atoms with Gasteiger partial charge in [0.05, 0.1) is 16.4 Å². The number of amides is 1. The molecule has 5 N–H and O–H groups in total. The molecule has 28 heavy (non-hydrogen) atoms. The van der Waals surface area contributed by atoms with Gasteiger partial charge in [-0.15, -0.1) is 5.10 Å². The van der Waals surface area contributed by atoms with E-state index < -0.39 is 5.91 Å². The van der Waals surface area contributed by atoms with Crippen LogP contribution < -0.4 is 26.6 Å². The lowest BCUT2D eigenvalue weighted by molar-refractivity contribution is -0.113. The minimum atomic E-state index is -0.532. The third-order valence-corrected chi connectivity index (χ3v) is 4.42. The number of hydrogen-bond acceptors (Lipinski definition) is 9. The summed E-state index contributed by atoms with van der Waals surface area (Å²) in [6.45, 7) is 0.193. The lowest BCUT2D eigenvalue weighted by Crippen LogP contribution is -2.37. The summed E-state index contributed by atoms with van der Waals surface area (Å²) in [4.78, 5) is 16.6. The molecule has 0 saturated carbocycles. The number of carbonyl (C=O) groups is 1. The molecule has 0 spiro atoms. The number of hydrazine groups is 1. The van der Waals surface area contributed by atoms with Crippen molar-refractivity contribution in [2.45, 2.75) is 6.61 Å². The Balaban J connectivity index is 1.60. The number of para-hydroxylation sites is 1. The number of benzene rings is 1. The Labute approximate surface area is 169 Å². The number of anilines is 2. The predicted octanol–water partition coefficient (Wildman–Crippen LogP) is 2.28. The molecule has 2 heterocycles. The van der Waals surface area contributed by atoms with Crippen LogP contribution in [0.25, 0.3) is 0 Å². The van der Waals surface area contributed by atoms with Crippen molar-refractivity contribution < 1.29 is 9.53 Å². The molecule has 0 bridgehead atoms. The number of nitrogens with one attached hydrogen (secondary N) is 1. The second kappa shape index (κ2) is 9.13. The number of carbonyl (C=O) groups excluding carboxylic acids is 1. The highest BCUT2D eigenvalue weighted by molar-refractivity contribution is 7.17. The van der Waals surface area contributed by atoms with Gasteiger partial charge in [-0.2, -0.15) is 0 Å². The first-order valence-corrected chi connectivity index (χ1v) is 9.16. The number of nitrogens with two attached hydrogens (primary N) is 2. The number of ether oxygens (including phenoxy) is 1. The van der Waals surface area contributed by atoms with E-state index in [0.29, 0.717) is 16.4 Å². The average Bonchev–Trinajstić information content (AvgIpc) is 3.16.